The first-order valence-corrected chi connectivity index (χ1v) is 9.72. The van der Waals surface area contributed by atoms with Crippen molar-refractivity contribution in [1.29, 1.82) is 0 Å². The summed E-state index contributed by atoms with van der Waals surface area (Å²) in [6.45, 7) is 5.74. The quantitative estimate of drug-likeness (QED) is 0.732. The number of rotatable bonds is 5. The molecule has 2 aromatic rings. The lowest BCUT2D eigenvalue weighted by Gasteiger charge is -2.37. The zero-order valence-corrected chi connectivity index (χ0v) is 16.6. The van der Waals surface area contributed by atoms with Crippen molar-refractivity contribution in [3.8, 4) is 5.75 Å². The minimum Gasteiger partial charge on any atom is -0.481 e. The molecule has 29 heavy (non-hydrogen) atoms. The zero-order valence-electron chi connectivity index (χ0n) is 16.6. The number of anilines is 1. The Morgan fingerprint density at radius 2 is 1.72 bits per heavy atom. The van der Waals surface area contributed by atoms with Gasteiger partial charge in [0.25, 0.3) is 5.91 Å². The smallest absolute Gasteiger partial charge is 0.416 e. The highest BCUT2D eigenvalue weighted by Gasteiger charge is 2.32. The Balaban J connectivity index is 1.60. The molecule has 2 aromatic carbocycles. The van der Waals surface area contributed by atoms with Gasteiger partial charge >= 0.3 is 6.18 Å². The number of carbonyl (C=O) groups excluding carboxylic acids is 1. The maximum atomic E-state index is 12.9. The first-order valence-electron chi connectivity index (χ1n) is 9.72. The molecule has 1 aliphatic rings. The van der Waals surface area contributed by atoms with E-state index in [0.29, 0.717) is 44.0 Å². The van der Waals surface area contributed by atoms with Crippen molar-refractivity contribution in [2.75, 3.05) is 31.1 Å². The van der Waals surface area contributed by atoms with Crippen LogP contribution in [0.3, 0.4) is 0 Å². The molecule has 1 fully saturated rings. The van der Waals surface area contributed by atoms with E-state index in [2.05, 4.69) is 0 Å². The molecule has 0 spiro atoms. The number of hydrogen-bond acceptors (Lipinski definition) is 3. The maximum absolute atomic E-state index is 12.9. The average Bonchev–Trinajstić information content (AvgIpc) is 2.72. The number of hydrogen-bond donors (Lipinski definition) is 0. The molecule has 4 nitrogen and oxygen atoms in total. The second-order valence-corrected chi connectivity index (χ2v) is 7.19. The summed E-state index contributed by atoms with van der Waals surface area (Å²) in [4.78, 5) is 16.5. The fourth-order valence-electron chi connectivity index (χ4n) is 3.36. The van der Waals surface area contributed by atoms with E-state index in [9.17, 15) is 18.0 Å². The third kappa shape index (κ3) is 5.22. The van der Waals surface area contributed by atoms with Crippen LogP contribution in [0.25, 0.3) is 0 Å². The molecule has 0 bridgehead atoms. The predicted octanol–water partition coefficient (Wildman–Crippen LogP) is 4.52. The van der Waals surface area contributed by atoms with Crippen LogP contribution in [0.1, 0.15) is 24.5 Å². The SMILES string of the molecule is CC[C@H](Oc1ccc(C)cc1)C(=O)N1CCN(c2cccc(C(F)(F)F)c2)CC1. The van der Waals surface area contributed by atoms with Crippen LogP contribution in [0.5, 0.6) is 5.75 Å². The van der Waals surface area contributed by atoms with Crippen molar-refractivity contribution in [3.05, 3.63) is 59.7 Å². The van der Waals surface area contributed by atoms with Gasteiger partial charge in [0.05, 0.1) is 5.56 Å². The summed E-state index contributed by atoms with van der Waals surface area (Å²) < 4.78 is 44.7. The molecule has 1 atom stereocenters. The van der Waals surface area contributed by atoms with Crippen molar-refractivity contribution >= 4 is 11.6 Å². The van der Waals surface area contributed by atoms with Crippen molar-refractivity contribution in [1.82, 2.24) is 4.90 Å². The minimum atomic E-state index is -4.37. The molecule has 3 rings (SSSR count). The molecule has 0 N–H and O–H groups in total. The lowest BCUT2D eigenvalue weighted by molar-refractivity contribution is -0.139. The van der Waals surface area contributed by atoms with Gasteiger partial charge in [-0.3, -0.25) is 4.79 Å². The van der Waals surface area contributed by atoms with Gasteiger partial charge in [0, 0.05) is 31.9 Å². The van der Waals surface area contributed by atoms with Gasteiger partial charge in [-0.05, 0) is 43.7 Å². The Hall–Kier alpha value is -2.70. The lowest BCUT2D eigenvalue weighted by atomic mass is 10.1. The monoisotopic (exact) mass is 406 g/mol. The first-order chi connectivity index (χ1) is 13.8. The van der Waals surface area contributed by atoms with Crippen molar-refractivity contribution in [2.24, 2.45) is 0 Å². The van der Waals surface area contributed by atoms with Crippen molar-refractivity contribution in [3.63, 3.8) is 0 Å². The standard InChI is InChI=1S/C22H25F3N2O2/c1-3-20(29-19-9-7-16(2)8-10-19)21(28)27-13-11-26(12-14-27)18-6-4-5-17(15-18)22(23,24)25/h4-10,15,20H,3,11-14H2,1-2H3/t20-/m0/s1. The van der Waals surface area contributed by atoms with Gasteiger partial charge in [-0.2, -0.15) is 13.2 Å². The van der Waals surface area contributed by atoms with E-state index in [0.717, 1.165) is 17.7 Å². The number of ether oxygens (including phenoxy) is 1. The van der Waals surface area contributed by atoms with Gasteiger partial charge in [0.15, 0.2) is 6.10 Å². The van der Waals surface area contributed by atoms with Gasteiger partial charge in [-0.1, -0.05) is 30.7 Å². The van der Waals surface area contributed by atoms with Gasteiger partial charge in [0.2, 0.25) is 0 Å². The predicted molar refractivity (Wildman–Crippen MR) is 106 cm³/mol. The maximum Gasteiger partial charge on any atom is 0.416 e. The molecule has 0 unspecified atom stereocenters. The van der Waals surface area contributed by atoms with Crippen LogP contribution in [-0.4, -0.2) is 43.1 Å². The zero-order chi connectivity index (χ0) is 21.0. The summed E-state index contributed by atoms with van der Waals surface area (Å²) in [5.41, 5.74) is 0.975. The second-order valence-electron chi connectivity index (χ2n) is 7.19. The molecular formula is C22H25F3N2O2. The fraction of sp³-hybridized carbons (Fsp3) is 0.409. The molecule has 1 aliphatic heterocycles. The van der Waals surface area contributed by atoms with Gasteiger partial charge in [0.1, 0.15) is 5.75 Å². The van der Waals surface area contributed by atoms with E-state index in [1.807, 2.05) is 43.0 Å². The number of benzene rings is 2. The van der Waals surface area contributed by atoms with Gasteiger partial charge < -0.3 is 14.5 Å². The Labute approximate surface area is 168 Å². The molecular weight excluding hydrogens is 381 g/mol. The minimum absolute atomic E-state index is 0.0863. The van der Waals surface area contributed by atoms with Crippen LogP contribution in [-0.2, 0) is 11.0 Å². The molecule has 7 heteroatoms. The summed E-state index contributed by atoms with van der Waals surface area (Å²) in [6.07, 6.45) is -4.39. The molecule has 0 radical (unpaired) electrons. The van der Waals surface area contributed by atoms with E-state index in [4.69, 9.17) is 4.74 Å². The number of aryl methyl sites for hydroxylation is 1. The summed E-state index contributed by atoms with van der Waals surface area (Å²) in [5.74, 6) is 0.565. The number of amides is 1. The highest BCUT2D eigenvalue weighted by atomic mass is 19.4. The molecule has 156 valence electrons. The van der Waals surface area contributed by atoms with Gasteiger partial charge in [-0.25, -0.2) is 0 Å². The van der Waals surface area contributed by atoms with Gasteiger partial charge in [-0.15, -0.1) is 0 Å². The average molecular weight is 406 g/mol. The Morgan fingerprint density at radius 3 is 2.31 bits per heavy atom. The van der Waals surface area contributed by atoms with Crippen LogP contribution >= 0.6 is 0 Å². The van der Waals surface area contributed by atoms with Crippen molar-refractivity contribution < 1.29 is 22.7 Å². The summed E-state index contributed by atoms with van der Waals surface area (Å²) in [6, 6.07) is 12.9. The lowest BCUT2D eigenvalue weighted by Crippen LogP contribution is -2.52. The van der Waals surface area contributed by atoms with Crippen LogP contribution in [0, 0.1) is 6.92 Å². The largest absolute Gasteiger partial charge is 0.481 e. The van der Waals surface area contributed by atoms with Crippen molar-refractivity contribution in [2.45, 2.75) is 32.5 Å². The second kappa shape index (κ2) is 8.76. The molecule has 0 aromatic heterocycles. The van der Waals surface area contributed by atoms with Crippen LogP contribution < -0.4 is 9.64 Å². The summed E-state index contributed by atoms with van der Waals surface area (Å²) in [5, 5.41) is 0. The van der Waals surface area contributed by atoms with Crippen LogP contribution in [0.4, 0.5) is 18.9 Å². The molecule has 1 saturated heterocycles. The Bertz CT molecular complexity index is 829. The molecule has 0 aliphatic carbocycles. The Kier molecular flexibility index (Phi) is 6.35. The highest BCUT2D eigenvalue weighted by molar-refractivity contribution is 5.81. The number of alkyl halides is 3. The topological polar surface area (TPSA) is 32.8 Å². The van der Waals surface area contributed by atoms with E-state index in [-0.39, 0.29) is 5.91 Å². The fourth-order valence-corrected chi connectivity index (χ4v) is 3.36. The molecule has 1 heterocycles. The number of piperazine rings is 1. The van der Waals surface area contributed by atoms with E-state index in [1.165, 1.54) is 6.07 Å². The van der Waals surface area contributed by atoms with Crippen LogP contribution in [0.15, 0.2) is 48.5 Å². The van der Waals surface area contributed by atoms with E-state index >= 15 is 0 Å². The summed E-state index contributed by atoms with van der Waals surface area (Å²) >= 11 is 0. The first kappa shape index (κ1) is 21.0. The van der Waals surface area contributed by atoms with Crippen LogP contribution in [0.2, 0.25) is 0 Å². The number of halogens is 3. The summed E-state index contributed by atoms with van der Waals surface area (Å²) in [7, 11) is 0. The number of nitrogens with zero attached hydrogens (tertiary/aromatic N) is 2. The third-order valence-electron chi connectivity index (χ3n) is 5.08. The number of carbonyl (C=O) groups is 1. The highest BCUT2D eigenvalue weighted by Crippen LogP contribution is 2.32. The Morgan fingerprint density at radius 1 is 1.07 bits per heavy atom. The molecule has 1 amide bonds. The molecule has 0 saturated carbocycles. The van der Waals surface area contributed by atoms with E-state index in [1.54, 1.807) is 11.0 Å². The normalized spacial score (nSPS) is 15.9. The van der Waals surface area contributed by atoms with E-state index < -0.39 is 17.8 Å². The third-order valence-corrected chi connectivity index (χ3v) is 5.08.